The summed E-state index contributed by atoms with van der Waals surface area (Å²) in [4.78, 5) is 11.7. The summed E-state index contributed by atoms with van der Waals surface area (Å²) in [6.45, 7) is 2.55. The first-order chi connectivity index (χ1) is 8.34. The van der Waals surface area contributed by atoms with Crippen molar-refractivity contribution < 1.29 is 9.53 Å². The predicted molar refractivity (Wildman–Crippen MR) is 77.6 cm³/mol. The van der Waals surface area contributed by atoms with Gasteiger partial charge < -0.3 is 15.4 Å². The molecule has 6 heteroatoms. The first-order valence-electron chi connectivity index (χ1n) is 6.54. The Labute approximate surface area is 119 Å². The highest BCUT2D eigenvalue weighted by Gasteiger charge is 2.18. The first kappa shape index (κ1) is 16.1. The van der Waals surface area contributed by atoms with E-state index in [2.05, 4.69) is 10.6 Å². The third kappa shape index (κ3) is 5.78. The molecule has 2 saturated heterocycles. The van der Waals surface area contributed by atoms with Gasteiger partial charge in [0.1, 0.15) is 0 Å². The maximum Gasteiger partial charge on any atom is 0.221 e. The number of hydrogen-bond donors (Lipinski definition) is 2. The molecule has 2 atom stereocenters. The molecule has 0 aromatic rings. The summed E-state index contributed by atoms with van der Waals surface area (Å²) < 4.78 is 5.58. The van der Waals surface area contributed by atoms with E-state index in [0.717, 1.165) is 37.5 Å². The second-order valence-corrected chi connectivity index (χ2v) is 5.87. The van der Waals surface area contributed by atoms with Gasteiger partial charge in [0.2, 0.25) is 5.91 Å². The van der Waals surface area contributed by atoms with Crippen molar-refractivity contribution in [1.29, 1.82) is 0 Å². The summed E-state index contributed by atoms with van der Waals surface area (Å²) in [6.07, 6.45) is 4.30. The van der Waals surface area contributed by atoms with E-state index in [9.17, 15) is 4.79 Å². The van der Waals surface area contributed by atoms with Crippen LogP contribution in [-0.2, 0) is 9.53 Å². The summed E-state index contributed by atoms with van der Waals surface area (Å²) in [5.41, 5.74) is 0. The number of carbonyl (C=O) groups excluding carboxylic acids is 1. The topological polar surface area (TPSA) is 50.4 Å². The standard InChI is InChI=1S/C12H22N2O2S.ClH/c15-12(7-10-9-17-6-4-13-10)14-8-11-3-1-2-5-16-11;/h10-11,13H,1-9H2,(H,14,15);1H. The normalized spacial score (nSPS) is 28.2. The lowest BCUT2D eigenvalue weighted by Crippen LogP contribution is -2.43. The van der Waals surface area contributed by atoms with Crippen LogP contribution in [0, 0.1) is 0 Å². The van der Waals surface area contributed by atoms with Gasteiger partial charge in [0.15, 0.2) is 0 Å². The molecule has 18 heavy (non-hydrogen) atoms. The molecule has 0 bridgehead atoms. The van der Waals surface area contributed by atoms with Gasteiger partial charge in [-0.15, -0.1) is 12.4 Å². The largest absolute Gasteiger partial charge is 0.376 e. The number of nitrogens with one attached hydrogen (secondary N) is 2. The Kier molecular flexibility index (Phi) is 8.06. The van der Waals surface area contributed by atoms with E-state index in [-0.39, 0.29) is 24.4 Å². The zero-order chi connectivity index (χ0) is 11.9. The molecule has 0 aromatic carbocycles. The smallest absolute Gasteiger partial charge is 0.221 e. The summed E-state index contributed by atoms with van der Waals surface area (Å²) >= 11 is 1.92. The molecule has 2 fully saturated rings. The van der Waals surface area contributed by atoms with E-state index in [1.54, 1.807) is 0 Å². The molecule has 0 aromatic heterocycles. The fraction of sp³-hybridized carbons (Fsp3) is 0.917. The zero-order valence-electron chi connectivity index (χ0n) is 10.7. The van der Waals surface area contributed by atoms with Crippen molar-refractivity contribution in [2.75, 3.05) is 31.2 Å². The lowest BCUT2D eigenvalue weighted by Gasteiger charge is -2.25. The highest BCUT2D eigenvalue weighted by Crippen LogP contribution is 2.12. The van der Waals surface area contributed by atoms with Gasteiger partial charge in [-0.3, -0.25) is 4.79 Å². The van der Waals surface area contributed by atoms with E-state index >= 15 is 0 Å². The molecular formula is C12H23ClN2O2S. The Morgan fingerprint density at radius 3 is 3.00 bits per heavy atom. The van der Waals surface area contributed by atoms with Crippen LogP contribution in [0.15, 0.2) is 0 Å². The number of ether oxygens (including phenoxy) is 1. The van der Waals surface area contributed by atoms with E-state index in [1.807, 2.05) is 11.8 Å². The van der Waals surface area contributed by atoms with Gasteiger partial charge in [0, 0.05) is 43.7 Å². The minimum Gasteiger partial charge on any atom is -0.376 e. The van der Waals surface area contributed by atoms with Crippen molar-refractivity contribution in [3.63, 3.8) is 0 Å². The van der Waals surface area contributed by atoms with Crippen LogP contribution in [0.25, 0.3) is 0 Å². The van der Waals surface area contributed by atoms with Crippen molar-refractivity contribution >= 4 is 30.1 Å². The number of hydrogen-bond acceptors (Lipinski definition) is 4. The lowest BCUT2D eigenvalue weighted by atomic mass is 10.1. The van der Waals surface area contributed by atoms with Gasteiger partial charge in [0.25, 0.3) is 0 Å². The molecule has 1 amide bonds. The molecule has 2 aliphatic rings. The van der Waals surface area contributed by atoms with Crippen LogP contribution >= 0.6 is 24.2 Å². The average molecular weight is 295 g/mol. The third-order valence-electron chi connectivity index (χ3n) is 3.23. The molecular weight excluding hydrogens is 272 g/mol. The molecule has 4 nitrogen and oxygen atoms in total. The van der Waals surface area contributed by atoms with Gasteiger partial charge in [-0.2, -0.15) is 11.8 Å². The van der Waals surface area contributed by atoms with Gasteiger partial charge in [-0.05, 0) is 19.3 Å². The molecule has 0 radical (unpaired) electrons. The van der Waals surface area contributed by atoms with E-state index in [4.69, 9.17) is 4.74 Å². The van der Waals surface area contributed by atoms with Crippen molar-refractivity contribution in [2.24, 2.45) is 0 Å². The number of thioether (sulfide) groups is 1. The molecule has 2 aliphatic heterocycles. The maximum absolute atomic E-state index is 11.7. The Morgan fingerprint density at radius 1 is 1.44 bits per heavy atom. The van der Waals surface area contributed by atoms with Crippen molar-refractivity contribution in [3.8, 4) is 0 Å². The number of halogens is 1. The van der Waals surface area contributed by atoms with Crippen LogP contribution in [0.4, 0.5) is 0 Å². The second-order valence-electron chi connectivity index (χ2n) is 4.72. The molecule has 2 N–H and O–H groups in total. The van der Waals surface area contributed by atoms with Crippen LogP contribution in [0.1, 0.15) is 25.7 Å². The minimum absolute atomic E-state index is 0. The summed E-state index contributed by atoms with van der Waals surface area (Å²) in [5, 5.41) is 6.36. The fourth-order valence-corrected chi connectivity index (χ4v) is 3.19. The SMILES string of the molecule is Cl.O=C(CC1CSCCN1)NCC1CCCCO1. The van der Waals surface area contributed by atoms with Crippen LogP contribution in [0.2, 0.25) is 0 Å². The van der Waals surface area contributed by atoms with Gasteiger partial charge in [-0.25, -0.2) is 0 Å². The monoisotopic (exact) mass is 294 g/mol. The summed E-state index contributed by atoms with van der Waals surface area (Å²) in [7, 11) is 0. The third-order valence-corrected chi connectivity index (χ3v) is 4.36. The van der Waals surface area contributed by atoms with Crippen molar-refractivity contribution in [1.82, 2.24) is 10.6 Å². The van der Waals surface area contributed by atoms with E-state index in [0.29, 0.717) is 19.0 Å². The molecule has 2 unspecified atom stereocenters. The lowest BCUT2D eigenvalue weighted by molar-refractivity contribution is -0.122. The van der Waals surface area contributed by atoms with Gasteiger partial charge in [0.05, 0.1) is 6.10 Å². The van der Waals surface area contributed by atoms with E-state index in [1.165, 1.54) is 6.42 Å². The fourth-order valence-electron chi connectivity index (χ4n) is 2.24. The Hall–Kier alpha value is 0.0300. The van der Waals surface area contributed by atoms with Crippen LogP contribution in [-0.4, -0.2) is 49.3 Å². The summed E-state index contributed by atoms with van der Waals surface area (Å²) in [6, 6.07) is 0.348. The first-order valence-corrected chi connectivity index (χ1v) is 7.69. The predicted octanol–water partition coefficient (Wildman–Crippen LogP) is 1.19. The molecule has 106 valence electrons. The van der Waals surface area contributed by atoms with Gasteiger partial charge in [-0.1, -0.05) is 0 Å². The zero-order valence-corrected chi connectivity index (χ0v) is 12.3. The number of carbonyl (C=O) groups is 1. The summed E-state index contributed by atoms with van der Waals surface area (Å²) in [5.74, 6) is 2.36. The maximum atomic E-state index is 11.7. The van der Waals surface area contributed by atoms with Crippen LogP contribution in [0.3, 0.4) is 0 Å². The highest BCUT2D eigenvalue weighted by atomic mass is 35.5. The second kappa shape index (κ2) is 9.02. The quantitative estimate of drug-likeness (QED) is 0.818. The molecule has 0 spiro atoms. The Bertz CT molecular complexity index is 244. The van der Waals surface area contributed by atoms with Crippen LogP contribution in [0.5, 0.6) is 0 Å². The highest BCUT2D eigenvalue weighted by molar-refractivity contribution is 7.99. The Morgan fingerprint density at radius 2 is 2.33 bits per heavy atom. The molecule has 2 heterocycles. The minimum atomic E-state index is 0. The number of rotatable bonds is 4. The molecule has 0 saturated carbocycles. The number of amides is 1. The Balaban J connectivity index is 0.00000162. The molecule has 2 rings (SSSR count). The van der Waals surface area contributed by atoms with Crippen molar-refractivity contribution in [3.05, 3.63) is 0 Å². The van der Waals surface area contributed by atoms with Crippen LogP contribution < -0.4 is 10.6 Å². The van der Waals surface area contributed by atoms with E-state index < -0.39 is 0 Å². The molecule has 0 aliphatic carbocycles. The van der Waals surface area contributed by atoms with Crippen molar-refractivity contribution in [2.45, 2.75) is 37.8 Å². The van der Waals surface area contributed by atoms with Gasteiger partial charge >= 0.3 is 0 Å². The average Bonchev–Trinajstić information content (AvgIpc) is 2.39.